The van der Waals surface area contributed by atoms with Crippen LogP contribution in [0.25, 0.3) is 0 Å². The van der Waals surface area contributed by atoms with Gasteiger partial charge in [0.25, 0.3) is 0 Å². The van der Waals surface area contributed by atoms with Crippen molar-refractivity contribution in [2.24, 2.45) is 0 Å². The number of fused-ring (bicyclic) bond motifs is 1. The third kappa shape index (κ3) is 5.48. The fraction of sp³-hybridized carbons (Fsp3) is 0.680. The first-order chi connectivity index (χ1) is 14.6. The molecule has 1 aromatic rings. The summed E-state index contributed by atoms with van der Waals surface area (Å²) in [7, 11) is -2.00. The molecule has 1 amide bonds. The van der Waals surface area contributed by atoms with Crippen LogP contribution >= 0.6 is 0 Å². The highest BCUT2D eigenvalue weighted by atomic mass is 28.4. The molecule has 0 radical (unpaired) electrons. The smallest absolute Gasteiger partial charge is 0.410 e. The Morgan fingerprint density at radius 2 is 1.78 bits per heavy atom. The maximum atomic E-state index is 13.2. The number of ether oxygens (including phenoxy) is 2. The van der Waals surface area contributed by atoms with Crippen LogP contribution in [0.5, 0.6) is 11.5 Å². The van der Waals surface area contributed by atoms with Crippen LogP contribution in [-0.4, -0.2) is 49.4 Å². The average molecular weight is 462 g/mol. The topological polar surface area (TPSA) is 65.1 Å². The van der Waals surface area contributed by atoms with Gasteiger partial charge in [0.15, 0.2) is 5.78 Å². The molecule has 2 aliphatic rings. The Balaban J connectivity index is 1.74. The van der Waals surface area contributed by atoms with E-state index in [4.69, 9.17) is 13.9 Å². The third-order valence-electron chi connectivity index (χ3n) is 6.79. The Labute approximate surface area is 193 Å². The lowest BCUT2D eigenvalue weighted by Gasteiger charge is -2.39. The predicted molar refractivity (Wildman–Crippen MR) is 128 cm³/mol. The van der Waals surface area contributed by atoms with E-state index in [-0.39, 0.29) is 16.9 Å². The van der Waals surface area contributed by atoms with Crippen molar-refractivity contribution >= 4 is 20.2 Å². The van der Waals surface area contributed by atoms with Gasteiger partial charge in [-0.05, 0) is 69.9 Å². The van der Waals surface area contributed by atoms with Crippen LogP contribution in [0.2, 0.25) is 18.1 Å². The number of Topliss-reactive ketones (excluding diaryl/α,β-unsaturated/α-hetero) is 1. The highest BCUT2D eigenvalue weighted by Crippen LogP contribution is 2.42. The van der Waals surface area contributed by atoms with E-state index in [1.54, 1.807) is 4.90 Å². The lowest BCUT2D eigenvalue weighted by atomic mass is 9.84. The van der Waals surface area contributed by atoms with Gasteiger partial charge in [0.05, 0.1) is 12.0 Å². The minimum atomic E-state index is -2.00. The SMILES string of the molecule is CC(C)(C)OC(=O)N1CCCC2(CC1)CC(=O)c1cc(O[Si](C)(C)C(C)(C)C)ccc1O2. The zero-order valence-electron chi connectivity index (χ0n) is 21.0. The van der Waals surface area contributed by atoms with E-state index in [1.165, 1.54) is 0 Å². The van der Waals surface area contributed by atoms with Crippen molar-refractivity contribution in [1.82, 2.24) is 4.90 Å². The van der Waals surface area contributed by atoms with Gasteiger partial charge in [0.1, 0.15) is 22.7 Å². The maximum absolute atomic E-state index is 13.2. The molecule has 1 atom stereocenters. The number of benzene rings is 1. The number of hydrogen-bond donors (Lipinski definition) is 0. The Morgan fingerprint density at radius 3 is 2.41 bits per heavy atom. The van der Waals surface area contributed by atoms with Crippen molar-refractivity contribution in [3.63, 3.8) is 0 Å². The van der Waals surface area contributed by atoms with E-state index in [0.717, 1.165) is 18.6 Å². The van der Waals surface area contributed by atoms with Crippen molar-refractivity contribution in [3.05, 3.63) is 23.8 Å². The summed E-state index contributed by atoms with van der Waals surface area (Å²) in [4.78, 5) is 27.4. The summed E-state index contributed by atoms with van der Waals surface area (Å²) in [6.07, 6.45) is 2.14. The largest absolute Gasteiger partial charge is 0.543 e. The molecule has 1 aromatic carbocycles. The van der Waals surface area contributed by atoms with E-state index in [1.807, 2.05) is 39.0 Å². The maximum Gasteiger partial charge on any atom is 0.410 e. The van der Waals surface area contributed by atoms with Gasteiger partial charge < -0.3 is 18.8 Å². The van der Waals surface area contributed by atoms with Gasteiger partial charge in [-0.25, -0.2) is 4.79 Å². The van der Waals surface area contributed by atoms with Crippen LogP contribution in [0.4, 0.5) is 4.79 Å². The van der Waals surface area contributed by atoms with Crippen molar-refractivity contribution in [3.8, 4) is 11.5 Å². The van der Waals surface area contributed by atoms with Crippen LogP contribution in [0.1, 0.15) is 77.6 Å². The molecule has 0 saturated carbocycles. The lowest BCUT2D eigenvalue weighted by Crippen LogP contribution is -2.44. The van der Waals surface area contributed by atoms with Crippen LogP contribution in [0.3, 0.4) is 0 Å². The quantitative estimate of drug-likeness (QED) is 0.491. The molecular formula is C25H39NO5Si. The molecule has 0 bridgehead atoms. The Hall–Kier alpha value is -2.02. The molecule has 1 saturated heterocycles. The molecule has 6 nitrogen and oxygen atoms in total. The number of amides is 1. The second-order valence-electron chi connectivity index (χ2n) is 11.7. The Kier molecular flexibility index (Phi) is 6.46. The normalized spacial score (nSPS) is 22.1. The number of carbonyl (C=O) groups is 2. The van der Waals surface area contributed by atoms with Crippen molar-refractivity contribution < 1.29 is 23.5 Å². The molecule has 1 fully saturated rings. The van der Waals surface area contributed by atoms with Gasteiger partial charge in [-0.1, -0.05) is 20.8 Å². The third-order valence-corrected chi connectivity index (χ3v) is 11.1. The Morgan fingerprint density at radius 1 is 1.09 bits per heavy atom. The molecular weight excluding hydrogens is 422 g/mol. The van der Waals surface area contributed by atoms with Gasteiger partial charge in [0, 0.05) is 19.5 Å². The lowest BCUT2D eigenvalue weighted by molar-refractivity contribution is 0.0188. The molecule has 7 heteroatoms. The number of carbonyl (C=O) groups excluding carboxylic acids is 2. The molecule has 0 N–H and O–H groups in total. The summed E-state index contributed by atoms with van der Waals surface area (Å²) in [5.74, 6) is 1.44. The van der Waals surface area contributed by atoms with Crippen molar-refractivity contribution in [2.45, 2.75) is 96.6 Å². The molecule has 1 unspecified atom stereocenters. The number of ketones is 1. The van der Waals surface area contributed by atoms with Crippen molar-refractivity contribution in [1.29, 1.82) is 0 Å². The van der Waals surface area contributed by atoms with E-state index in [2.05, 4.69) is 33.9 Å². The number of nitrogens with zero attached hydrogens (tertiary/aromatic N) is 1. The fourth-order valence-electron chi connectivity index (χ4n) is 3.94. The van der Waals surface area contributed by atoms with E-state index in [9.17, 15) is 9.59 Å². The summed E-state index contributed by atoms with van der Waals surface area (Å²) in [5, 5.41) is 0.0772. The van der Waals surface area contributed by atoms with Crippen LogP contribution in [-0.2, 0) is 4.74 Å². The summed E-state index contributed by atoms with van der Waals surface area (Å²) in [6, 6.07) is 5.62. The van der Waals surface area contributed by atoms with Gasteiger partial charge in [-0.2, -0.15) is 0 Å². The van der Waals surface area contributed by atoms with E-state index in [0.29, 0.717) is 37.2 Å². The number of likely N-dealkylation sites (tertiary alicyclic amines) is 1. The molecule has 0 aromatic heterocycles. The predicted octanol–water partition coefficient (Wildman–Crippen LogP) is 6.20. The molecule has 178 valence electrons. The number of hydrogen-bond acceptors (Lipinski definition) is 5. The molecule has 2 aliphatic heterocycles. The highest BCUT2D eigenvalue weighted by Gasteiger charge is 2.43. The standard InChI is InChI=1S/C25H39NO5Si/c1-23(2,3)30-22(28)26-14-9-12-25(13-15-26)17-20(27)19-16-18(10-11-21(19)29-25)31-32(7,8)24(4,5)6/h10-11,16H,9,12-15,17H2,1-8H3. The van der Waals surface area contributed by atoms with Crippen LogP contribution in [0, 0.1) is 0 Å². The summed E-state index contributed by atoms with van der Waals surface area (Å²) in [5.41, 5.74) is -0.496. The minimum absolute atomic E-state index is 0.0772. The first-order valence-corrected chi connectivity index (χ1v) is 14.5. The number of rotatable bonds is 2. The van der Waals surface area contributed by atoms with Gasteiger partial charge in [0.2, 0.25) is 8.32 Å². The van der Waals surface area contributed by atoms with Gasteiger partial charge in [-0.3, -0.25) is 4.79 Å². The van der Waals surface area contributed by atoms with E-state index >= 15 is 0 Å². The van der Waals surface area contributed by atoms with Crippen LogP contribution in [0.15, 0.2) is 18.2 Å². The zero-order valence-corrected chi connectivity index (χ0v) is 22.0. The van der Waals surface area contributed by atoms with E-state index < -0.39 is 19.5 Å². The average Bonchev–Trinajstić information content (AvgIpc) is 2.82. The minimum Gasteiger partial charge on any atom is -0.543 e. The summed E-state index contributed by atoms with van der Waals surface area (Å²) in [6.45, 7) is 17.7. The summed E-state index contributed by atoms with van der Waals surface area (Å²) >= 11 is 0. The second-order valence-corrected chi connectivity index (χ2v) is 16.5. The second kappa shape index (κ2) is 8.40. The molecule has 0 aliphatic carbocycles. The molecule has 3 rings (SSSR count). The van der Waals surface area contributed by atoms with Gasteiger partial charge in [-0.15, -0.1) is 0 Å². The first kappa shape index (κ1) is 24.6. The molecule has 1 spiro atoms. The molecule has 32 heavy (non-hydrogen) atoms. The van der Waals surface area contributed by atoms with Crippen LogP contribution < -0.4 is 9.16 Å². The summed E-state index contributed by atoms with van der Waals surface area (Å²) < 4.78 is 18.4. The molecule has 2 heterocycles. The van der Waals surface area contributed by atoms with Gasteiger partial charge >= 0.3 is 6.09 Å². The first-order valence-electron chi connectivity index (χ1n) is 11.6. The highest BCUT2D eigenvalue weighted by molar-refractivity contribution is 6.74. The Bertz CT molecular complexity index is 883. The monoisotopic (exact) mass is 461 g/mol. The zero-order chi connectivity index (χ0) is 23.9. The fourth-order valence-corrected chi connectivity index (χ4v) is 4.96. The van der Waals surface area contributed by atoms with Crippen molar-refractivity contribution in [2.75, 3.05) is 13.1 Å².